The first kappa shape index (κ1) is 701. The summed E-state index contributed by atoms with van der Waals surface area (Å²) in [4.78, 5) is 0. The van der Waals surface area contributed by atoms with Crippen LogP contribution in [0.3, 0.4) is 0 Å². The van der Waals surface area contributed by atoms with Gasteiger partial charge in [0.15, 0.2) is 0 Å². The second kappa shape index (κ2) is 553. The van der Waals surface area contributed by atoms with Crippen LogP contribution in [0.2, 0.25) is 0 Å². The minimum absolute atomic E-state index is 0. The molecule has 0 aromatic carbocycles. The second-order valence-corrected chi connectivity index (χ2v) is 0. The van der Waals surface area contributed by atoms with E-state index in [1.807, 2.05) is 0 Å². The van der Waals surface area contributed by atoms with Crippen LogP contribution in [0, 0.1) is 0 Å². The van der Waals surface area contributed by atoms with Crippen molar-refractivity contribution in [3.8, 4) is 0 Å². The Balaban J connectivity index is 0. The number of hydrogen-bond donors (Lipinski definition) is 0. The van der Waals surface area contributed by atoms with Crippen molar-refractivity contribution in [3.63, 3.8) is 0 Å². The molecule has 0 atom stereocenters. The van der Waals surface area contributed by atoms with Gasteiger partial charge in [-0.1, -0.05) is 0 Å². The van der Waals surface area contributed by atoms with Crippen LogP contribution in [0.5, 0.6) is 0 Å². The van der Waals surface area contributed by atoms with Gasteiger partial charge in [-0.25, -0.2) is 0 Å². The fourth-order valence-corrected chi connectivity index (χ4v) is 0. The number of halogens is 5. The molecule has 0 aromatic rings. The topological polar surface area (TPSA) is 189 Å². The first-order valence-corrected chi connectivity index (χ1v) is 0. The summed E-state index contributed by atoms with van der Waals surface area (Å²) in [5, 5.41) is 0. The summed E-state index contributed by atoms with van der Waals surface area (Å²) in [6.45, 7) is 0. The minimum Gasteiger partial charge on any atom is -1.00 e. The van der Waals surface area contributed by atoms with Crippen LogP contribution in [0.25, 0.3) is 0 Å². The van der Waals surface area contributed by atoms with Crippen molar-refractivity contribution < 1.29 is 113 Å². The predicted octanol–water partition coefficient (Wildman–Crippen LogP) is -19.9. The molecule has 0 heterocycles. The Kier molecular flexibility index (Phi) is 32300. The van der Waals surface area contributed by atoms with Gasteiger partial charge in [-0.15, -0.1) is 0 Å². The normalized spacial score (nSPS) is 0. The zero-order valence-electron chi connectivity index (χ0n) is 5.34. The van der Waals surface area contributed by atoms with Crippen LogP contribution in [-0.2, 0) is 18.6 Å². The van der Waals surface area contributed by atoms with Crippen molar-refractivity contribution in [2.24, 2.45) is 0 Å². The van der Waals surface area contributed by atoms with Gasteiger partial charge in [-0.2, -0.15) is 0 Å². The molecule has 0 amide bonds. The Morgan fingerprint density at radius 2 is 0.250 bits per heavy atom. The van der Waals surface area contributed by atoms with Gasteiger partial charge in [0.05, 0.1) is 0 Å². The molecular formula is H12Cl5O6V. The third-order valence-electron chi connectivity index (χ3n) is 0. The molecule has 0 aliphatic carbocycles. The molecule has 0 saturated carbocycles. The minimum atomic E-state index is 0. The van der Waals surface area contributed by atoms with E-state index in [4.69, 9.17) is 0 Å². The molecule has 0 rings (SSSR count). The fraction of sp³-hybridized carbons (Fsp3) is 0. The molecule has 0 saturated heterocycles. The maximum Gasteiger partial charge on any atom is 5.00 e. The SMILES string of the molecule is O.O.O.O.O.O.[Cl-].[Cl-].[Cl-].[Cl-].[Cl-].[V+5]. The van der Waals surface area contributed by atoms with Crippen LogP contribution in [0.1, 0.15) is 0 Å². The fourth-order valence-electron chi connectivity index (χ4n) is 0. The largest absolute Gasteiger partial charge is 5.00 e. The van der Waals surface area contributed by atoms with E-state index in [2.05, 4.69) is 0 Å². The van der Waals surface area contributed by atoms with Crippen LogP contribution < -0.4 is 62.0 Å². The summed E-state index contributed by atoms with van der Waals surface area (Å²) in [5.41, 5.74) is 0. The molecule has 0 aliphatic heterocycles. The van der Waals surface area contributed by atoms with Crippen molar-refractivity contribution in [2.75, 3.05) is 0 Å². The molecule has 12 heteroatoms. The molecule has 0 aromatic heterocycles. The molecule has 12 heavy (non-hydrogen) atoms. The third-order valence-corrected chi connectivity index (χ3v) is 0. The third kappa shape index (κ3) is 427. The van der Waals surface area contributed by atoms with Crippen LogP contribution in [0.15, 0.2) is 0 Å². The van der Waals surface area contributed by atoms with E-state index in [0.29, 0.717) is 0 Å². The van der Waals surface area contributed by atoms with Gasteiger partial charge < -0.3 is 94.9 Å². The smallest absolute Gasteiger partial charge is 1.00 e. The van der Waals surface area contributed by atoms with Crippen LogP contribution in [-0.4, -0.2) is 32.9 Å². The first-order valence-electron chi connectivity index (χ1n) is 0. The Morgan fingerprint density at radius 1 is 0.250 bits per heavy atom. The van der Waals surface area contributed by atoms with Gasteiger partial charge in [0.2, 0.25) is 0 Å². The first-order chi connectivity index (χ1) is 0. The molecule has 12 N–H and O–H groups in total. The Hall–Kier alpha value is 1.79. The average molecular weight is 336 g/mol. The van der Waals surface area contributed by atoms with Gasteiger partial charge in [0, 0.05) is 0 Å². The zero-order chi connectivity index (χ0) is 0. The van der Waals surface area contributed by atoms with Crippen molar-refractivity contribution in [3.05, 3.63) is 0 Å². The number of hydrogen-bond acceptors (Lipinski definition) is 0. The molecule has 0 aliphatic rings. The van der Waals surface area contributed by atoms with E-state index < -0.39 is 0 Å². The zero-order valence-corrected chi connectivity index (χ0v) is 10.5. The molecule has 88 valence electrons. The molecule has 0 fully saturated rings. The molecule has 0 radical (unpaired) electrons. The van der Waals surface area contributed by atoms with E-state index in [9.17, 15) is 0 Å². The van der Waals surface area contributed by atoms with Gasteiger partial charge in [0.25, 0.3) is 0 Å². The van der Waals surface area contributed by atoms with Gasteiger partial charge >= 0.3 is 18.6 Å². The molecular weight excluding hydrogens is 324 g/mol. The van der Waals surface area contributed by atoms with E-state index >= 15 is 0 Å². The second-order valence-electron chi connectivity index (χ2n) is 0. The molecule has 0 bridgehead atoms. The van der Waals surface area contributed by atoms with E-state index in [-0.39, 0.29) is 113 Å². The van der Waals surface area contributed by atoms with Crippen LogP contribution >= 0.6 is 0 Å². The van der Waals surface area contributed by atoms with Crippen molar-refractivity contribution in [1.82, 2.24) is 0 Å². The van der Waals surface area contributed by atoms with E-state index in [1.165, 1.54) is 0 Å². The van der Waals surface area contributed by atoms with E-state index in [1.54, 1.807) is 0 Å². The molecule has 0 unspecified atom stereocenters. The van der Waals surface area contributed by atoms with Gasteiger partial charge in [-0.3, -0.25) is 0 Å². The summed E-state index contributed by atoms with van der Waals surface area (Å²) >= 11 is 0. The van der Waals surface area contributed by atoms with E-state index in [0.717, 1.165) is 0 Å². The van der Waals surface area contributed by atoms with Gasteiger partial charge in [0.1, 0.15) is 0 Å². The van der Waals surface area contributed by atoms with Gasteiger partial charge in [-0.05, 0) is 0 Å². The quantitative estimate of drug-likeness (QED) is 0.406. The number of rotatable bonds is 0. The molecule has 0 spiro atoms. The Bertz CT molecular complexity index is 15.9. The maximum absolute atomic E-state index is 0. The van der Waals surface area contributed by atoms with Crippen LogP contribution in [0.4, 0.5) is 0 Å². The molecule has 6 nitrogen and oxygen atoms in total. The maximum atomic E-state index is 0. The monoisotopic (exact) mass is 334 g/mol. The average Bonchev–Trinajstić information content (AvgIpc) is 0. The summed E-state index contributed by atoms with van der Waals surface area (Å²) < 4.78 is 0. The Labute approximate surface area is 113 Å². The summed E-state index contributed by atoms with van der Waals surface area (Å²) in [7, 11) is 0. The summed E-state index contributed by atoms with van der Waals surface area (Å²) in [6.07, 6.45) is 0. The van der Waals surface area contributed by atoms with Crippen molar-refractivity contribution >= 4 is 0 Å². The Morgan fingerprint density at radius 3 is 0.250 bits per heavy atom. The summed E-state index contributed by atoms with van der Waals surface area (Å²) in [5.74, 6) is 0. The predicted molar refractivity (Wildman–Crippen MR) is 21.7 cm³/mol. The van der Waals surface area contributed by atoms with Crippen molar-refractivity contribution in [2.45, 2.75) is 0 Å². The summed E-state index contributed by atoms with van der Waals surface area (Å²) in [6, 6.07) is 0. The van der Waals surface area contributed by atoms with Crippen molar-refractivity contribution in [1.29, 1.82) is 0 Å². The standard InChI is InChI=1S/5ClH.6H2O.V/h5*1H;6*1H2;/q;;;;;;;;;;;+5/p-5.